The number of hydrogen-bond donors (Lipinski definition) is 1. The molecule has 0 radical (unpaired) electrons. The van der Waals surface area contributed by atoms with Gasteiger partial charge in [-0.25, -0.2) is 4.79 Å². The van der Waals surface area contributed by atoms with Crippen LogP contribution < -0.4 is 5.32 Å². The third kappa shape index (κ3) is 8.53. The van der Waals surface area contributed by atoms with Gasteiger partial charge >= 0.3 is 11.9 Å². The molecule has 0 spiro atoms. The minimum absolute atomic E-state index is 0.0365. The van der Waals surface area contributed by atoms with Crippen molar-refractivity contribution in [1.82, 2.24) is 5.32 Å². The van der Waals surface area contributed by atoms with Gasteiger partial charge in [-0.15, -0.1) is 11.6 Å². The number of ether oxygens (including phenoxy) is 2. The van der Waals surface area contributed by atoms with Gasteiger partial charge < -0.3 is 14.8 Å². The summed E-state index contributed by atoms with van der Waals surface area (Å²) in [6.07, 6.45) is -0.0365. The quantitative estimate of drug-likeness (QED) is 0.413. The van der Waals surface area contributed by atoms with Crippen LogP contribution >= 0.6 is 11.6 Å². The molecule has 0 saturated carbocycles. The van der Waals surface area contributed by atoms with Crippen molar-refractivity contribution in [2.75, 3.05) is 19.0 Å². The van der Waals surface area contributed by atoms with Gasteiger partial charge in [0.1, 0.15) is 18.8 Å². The fourth-order valence-corrected chi connectivity index (χ4v) is 1.04. The van der Waals surface area contributed by atoms with E-state index in [2.05, 4.69) is 11.9 Å². The molecule has 1 N–H and O–H groups in total. The minimum atomic E-state index is -0.777. The first-order valence-corrected chi connectivity index (χ1v) is 6.58. The Labute approximate surface area is 123 Å². The van der Waals surface area contributed by atoms with Crippen molar-refractivity contribution >= 4 is 29.4 Å². The molecule has 0 aromatic heterocycles. The molecule has 0 aliphatic heterocycles. The highest BCUT2D eigenvalue weighted by atomic mass is 35.5. The topological polar surface area (TPSA) is 81.7 Å². The molecule has 0 aliphatic rings. The average molecular weight is 306 g/mol. The number of nitrogens with one attached hydrogen (secondary N) is 1. The Balaban J connectivity index is 3.86. The third-order valence-corrected chi connectivity index (χ3v) is 2.70. The lowest BCUT2D eigenvalue weighted by Gasteiger charge is -2.22. The second-order valence-corrected chi connectivity index (χ2v) is 5.08. The number of halogens is 1. The maximum Gasteiger partial charge on any atom is 0.333 e. The Bertz CT molecular complexity index is 392. The summed E-state index contributed by atoms with van der Waals surface area (Å²) in [5.74, 6) is -1.40. The van der Waals surface area contributed by atoms with Gasteiger partial charge in [0.2, 0.25) is 5.91 Å². The van der Waals surface area contributed by atoms with Crippen molar-refractivity contribution in [3.8, 4) is 0 Å². The van der Waals surface area contributed by atoms with Crippen LogP contribution in [0, 0.1) is 0 Å². The first-order valence-electron chi connectivity index (χ1n) is 6.05. The number of hydrogen-bond acceptors (Lipinski definition) is 5. The summed E-state index contributed by atoms with van der Waals surface area (Å²) < 4.78 is 9.77. The second kappa shape index (κ2) is 8.58. The lowest BCUT2D eigenvalue weighted by atomic mass is 10.2. The molecule has 20 heavy (non-hydrogen) atoms. The van der Waals surface area contributed by atoms with Gasteiger partial charge in [-0.1, -0.05) is 6.58 Å². The van der Waals surface area contributed by atoms with Crippen LogP contribution in [0.2, 0.25) is 0 Å². The molecule has 0 atom stereocenters. The largest absolute Gasteiger partial charge is 0.462 e. The summed E-state index contributed by atoms with van der Waals surface area (Å²) in [5, 5.41) is 2.36. The van der Waals surface area contributed by atoms with E-state index in [4.69, 9.17) is 21.1 Å². The highest BCUT2D eigenvalue weighted by Gasteiger charge is 2.21. The van der Waals surface area contributed by atoms with Crippen LogP contribution in [0.15, 0.2) is 12.2 Å². The maximum atomic E-state index is 11.4. The van der Waals surface area contributed by atoms with E-state index in [0.717, 1.165) is 0 Å². The van der Waals surface area contributed by atoms with Crippen LogP contribution in [-0.4, -0.2) is 42.5 Å². The zero-order valence-corrected chi connectivity index (χ0v) is 12.7. The summed E-state index contributed by atoms with van der Waals surface area (Å²) in [6, 6.07) is 0. The maximum absolute atomic E-state index is 11.4. The van der Waals surface area contributed by atoms with Gasteiger partial charge in [0.05, 0.1) is 12.3 Å². The van der Waals surface area contributed by atoms with Crippen LogP contribution in [0.3, 0.4) is 0 Å². The molecule has 0 bridgehead atoms. The highest BCUT2D eigenvalue weighted by molar-refractivity contribution is 6.18. The smallest absolute Gasteiger partial charge is 0.333 e. The van der Waals surface area contributed by atoms with Crippen molar-refractivity contribution in [2.45, 2.75) is 32.8 Å². The molecule has 0 rings (SSSR count). The zero-order chi connectivity index (χ0) is 15.8. The van der Waals surface area contributed by atoms with E-state index >= 15 is 0 Å². The van der Waals surface area contributed by atoms with Crippen LogP contribution in [0.4, 0.5) is 0 Å². The average Bonchev–Trinajstić information content (AvgIpc) is 2.35. The van der Waals surface area contributed by atoms with Gasteiger partial charge in [0, 0.05) is 5.57 Å². The standard InChI is InChI=1S/C13H20ClNO5/c1-9(2)12(18)19-6-5-10(16)15-7-11(17)20-13(3,4)8-14/h1,5-8H2,2-4H3,(H,15,16). The fraction of sp³-hybridized carbons (Fsp3) is 0.615. The van der Waals surface area contributed by atoms with Crippen molar-refractivity contribution in [2.24, 2.45) is 0 Å². The van der Waals surface area contributed by atoms with E-state index in [1.165, 1.54) is 6.92 Å². The van der Waals surface area contributed by atoms with Gasteiger partial charge in [-0.05, 0) is 20.8 Å². The molecule has 0 unspecified atom stereocenters. The van der Waals surface area contributed by atoms with Crippen LogP contribution in [0.5, 0.6) is 0 Å². The van der Waals surface area contributed by atoms with Gasteiger partial charge in [0.25, 0.3) is 0 Å². The number of carbonyl (C=O) groups is 3. The normalized spacial score (nSPS) is 10.6. The molecule has 0 heterocycles. The predicted octanol–water partition coefficient (Wildman–Crippen LogP) is 1.17. The van der Waals surface area contributed by atoms with Crippen molar-refractivity contribution in [1.29, 1.82) is 0 Å². The van der Waals surface area contributed by atoms with Crippen molar-refractivity contribution in [3.63, 3.8) is 0 Å². The SMILES string of the molecule is C=C(C)C(=O)OCCC(=O)NCC(=O)OC(C)(C)CCl. The molecule has 7 heteroatoms. The fourth-order valence-electron chi connectivity index (χ4n) is 0.990. The van der Waals surface area contributed by atoms with Crippen LogP contribution in [0.25, 0.3) is 0 Å². The van der Waals surface area contributed by atoms with E-state index in [1.807, 2.05) is 0 Å². The molecule has 0 fully saturated rings. The summed E-state index contributed by atoms with van der Waals surface area (Å²) in [6.45, 7) is 7.92. The van der Waals surface area contributed by atoms with E-state index in [1.54, 1.807) is 13.8 Å². The number of esters is 2. The van der Waals surface area contributed by atoms with Crippen molar-refractivity contribution in [3.05, 3.63) is 12.2 Å². The van der Waals surface area contributed by atoms with E-state index in [0.29, 0.717) is 0 Å². The Morgan fingerprint density at radius 2 is 1.90 bits per heavy atom. The first kappa shape index (κ1) is 18.4. The number of rotatable bonds is 8. The lowest BCUT2D eigenvalue weighted by molar-refractivity contribution is -0.154. The van der Waals surface area contributed by atoms with Crippen LogP contribution in [0.1, 0.15) is 27.2 Å². The zero-order valence-electron chi connectivity index (χ0n) is 12.0. The summed E-state index contributed by atoms with van der Waals surface area (Å²) >= 11 is 5.60. The number of alkyl halides is 1. The van der Waals surface area contributed by atoms with E-state index < -0.39 is 23.4 Å². The Morgan fingerprint density at radius 3 is 2.40 bits per heavy atom. The Kier molecular flexibility index (Phi) is 7.91. The first-order chi connectivity index (χ1) is 9.18. The van der Waals surface area contributed by atoms with Crippen LogP contribution in [-0.2, 0) is 23.9 Å². The van der Waals surface area contributed by atoms with E-state index in [9.17, 15) is 14.4 Å². The number of amides is 1. The molecule has 0 aromatic rings. The Hall–Kier alpha value is -1.56. The molecular weight excluding hydrogens is 286 g/mol. The number of carbonyl (C=O) groups excluding carboxylic acids is 3. The molecule has 6 nitrogen and oxygen atoms in total. The predicted molar refractivity (Wildman–Crippen MR) is 74.3 cm³/mol. The molecule has 1 amide bonds. The molecule has 0 saturated heterocycles. The highest BCUT2D eigenvalue weighted by Crippen LogP contribution is 2.10. The minimum Gasteiger partial charge on any atom is -0.462 e. The summed E-state index contributed by atoms with van der Waals surface area (Å²) in [7, 11) is 0. The third-order valence-electron chi connectivity index (χ3n) is 2.05. The monoisotopic (exact) mass is 305 g/mol. The molecule has 114 valence electrons. The summed E-state index contributed by atoms with van der Waals surface area (Å²) in [4.78, 5) is 33.8. The molecular formula is C13H20ClNO5. The van der Waals surface area contributed by atoms with Gasteiger partial charge in [-0.2, -0.15) is 0 Å². The van der Waals surface area contributed by atoms with E-state index in [-0.39, 0.29) is 31.0 Å². The van der Waals surface area contributed by atoms with Gasteiger partial charge in [0.15, 0.2) is 0 Å². The van der Waals surface area contributed by atoms with Crippen molar-refractivity contribution < 1.29 is 23.9 Å². The lowest BCUT2D eigenvalue weighted by Crippen LogP contribution is -2.37. The van der Waals surface area contributed by atoms with Gasteiger partial charge in [-0.3, -0.25) is 9.59 Å². The Morgan fingerprint density at radius 1 is 1.30 bits per heavy atom. The molecule has 0 aliphatic carbocycles. The second-order valence-electron chi connectivity index (χ2n) is 4.81. The summed E-state index contributed by atoms with van der Waals surface area (Å²) in [5.41, 5.74) is -0.516. The molecule has 0 aromatic carbocycles.